The lowest BCUT2D eigenvalue weighted by Gasteiger charge is -2.27. The van der Waals surface area contributed by atoms with Crippen LogP contribution >= 0.6 is 0 Å². The molecule has 2 aromatic rings. The van der Waals surface area contributed by atoms with Gasteiger partial charge in [0.2, 0.25) is 10.0 Å². The number of carbonyl (C=O) groups excluding carboxylic acids is 2. The van der Waals surface area contributed by atoms with Crippen LogP contribution in [-0.2, 0) is 26.8 Å². The fraction of sp³-hybridized carbons (Fsp3) is 0.409. The highest BCUT2D eigenvalue weighted by atomic mass is 32.2. The second-order valence-corrected chi connectivity index (χ2v) is 10.9. The normalized spacial score (nSPS) is 19.5. The lowest BCUT2D eigenvalue weighted by molar-refractivity contribution is -0.160. The smallest absolute Gasteiger partial charge is 0.305 e. The molecule has 8 nitrogen and oxygen atoms in total. The number of pyridine rings is 1. The summed E-state index contributed by atoms with van der Waals surface area (Å²) in [6.45, 7) is 3.13. The third kappa shape index (κ3) is 4.10. The molecule has 1 saturated heterocycles. The molecular formula is C22H23F3N4O4S. The van der Waals surface area contributed by atoms with Crippen molar-refractivity contribution in [1.29, 1.82) is 0 Å². The summed E-state index contributed by atoms with van der Waals surface area (Å²) in [6, 6.07) is 7.77. The summed E-state index contributed by atoms with van der Waals surface area (Å²) in [5.41, 5.74) is -2.27. The summed E-state index contributed by atoms with van der Waals surface area (Å²) in [7, 11) is -3.55. The number of nitrogens with zero attached hydrogens (tertiary/aromatic N) is 3. The first-order valence-electron chi connectivity index (χ1n) is 10.4. The Labute approximate surface area is 194 Å². The van der Waals surface area contributed by atoms with Gasteiger partial charge in [0, 0.05) is 12.7 Å². The minimum absolute atomic E-state index is 0.00962. The number of amides is 3. The van der Waals surface area contributed by atoms with Crippen LogP contribution in [0.15, 0.2) is 42.6 Å². The average Bonchev–Trinajstić information content (AvgIpc) is 3.51. The van der Waals surface area contributed by atoms with E-state index in [0.29, 0.717) is 5.56 Å². The quantitative estimate of drug-likeness (QED) is 0.614. The number of rotatable bonds is 6. The number of urea groups is 1. The van der Waals surface area contributed by atoms with Crippen molar-refractivity contribution in [2.24, 2.45) is 0 Å². The van der Waals surface area contributed by atoms with Crippen LogP contribution in [0.25, 0.3) is 0 Å². The number of aromatic nitrogens is 1. The monoisotopic (exact) mass is 496 g/mol. The van der Waals surface area contributed by atoms with Gasteiger partial charge in [0.15, 0.2) is 0 Å². The molecule has 182 valence electrons. The number of halogens is 3. The Kier molecular flexibility index (Phi) is 5.42. The van der Waals surface area contributed by atoms with E-state index in [1.807, 2.05) is 0 Å². The minimum Gasteiger partial charge on any atom is -0.305 e. The Morgan fingerprint density at radius 3 is 2.24 bits per heavy atom. The molecule has 12 heteroatoms. The number of hydrogen-bond acceptors (Lipinski definition) is 5. The van der Waals surface area contributed by atoms with Gasteiger partial charge in [0.1, 0.15) is 11.4 Å². The number of anilines is 2. The van der Waals surface area contributed by atoms with Crippen molar-refractivity contribution < 1.29 is 31.2 Å². The van der Waals surface area contributed by atoms with E-state index < -0.39 is 39.1 Å². The molecule has 1 aromatic heterocycles. The number of nitrogens with one attached hydrogen (secondary N) is 1. The highest BCUT2D eigenvalue weighted by Crippen LogP contribution is 2.59. The van der Waals surface area contributed by atoms with Gasteiger partial charge in [0.25, 0.3) is 5.91 Å². The van der Waals surface area contributed by atoms with Gasteiger partial charge in [-0.25, -0.2) is 23.1 Å². The van der Waals surface area contributed by atoms with Crippen molar-refractivity contribution in [3.05, 3.63) is 53.7 Å². The highest BCUT2D eigenvalue weighted by molar-refractivity contribution is 7.92. The SMILES string of the molecule is CC1(C)C(=O)N(c2ccc(C3(C(F)(F)F)CC3)cc2)C(=O)N1Cc1ccnc(NS(C)(=O)=O)c1. The van der Waals surface area contributed by atoms with Crippen molar-refractivity contribution in [1.82, 2.24) is 9.88 Å². The molecule has 0 bridgehead atoms. The Hall–Kier alpha value is -3.15. The fourth-order valence-corrected chi connectivity index (χ4v) is 4.61. The topological polar surface area (TPSA) is 99.7 Å². The molecule has 2 heterocycles. The van der Waals surface area contributed by atoms with E-state index in [9.17, 15) is 31.2 Å². The lowest BCUT2D eigenvalue weighted by atomic mass is 9.95. The number of imide groups is 1. The molecule has 3 amide bonds. The van der Waals surface area contributed by atoms with Crippen molar-refractivity contribution in [2.75, 3.05) is 15.9 Å². The molecular weight excluding hydrogens is 473 g/mol. The van der Waals surface area contributed by atoms with Gasteiger partial charge in [-0.15, -0.1) is 0 Å². The zero-order valence-corrected chi connectivity index (χ0v) is 19.5. The van der Waals surface area contributed by atoms with Gasteiger partial charge < -0.3 is 4.90 Å². The second-order valence-electron chi connectivity index (χ2n) is 9.12. The number of alkyl halides is 3. The van der Waals surface area contributed by atoms with E-state index >= 15 is 0 Å². The van der Waals surface area contributed by atoms with E-state index in [0.717, 1.165) is 11.2 Å². The summed E-state index contributed by atoms with van der Waals surface area (Å²) < 4.78 is 65.5. The molecule has 0 atom stereocenters. The lowest BCUT2D eigenvalue weighted by Crippen LogP contribution is -2.43. The Morgan fingerprint density at radius 2 is 1.71 bits per heavy atom. The van der Waals surface area contributed by atoms with Gasteiger partial charge in [-0.1, -0.05) is 12.1 Å². The van der Waals surface area contributed by atoms with Crippen LogP contribution < -0.4 is 9.62 Å². The number of carbonyl (C=O) groups is 2. The van der Waals surface area contributed by atoms with Crippen LogP contribution in [-0.4, -0.2) is 48.2 Å². The largest absolute Gasteiger partial charge is 0.398 e. The Morgan fingerprint density at radius 1 is 1.09 bits per heavy atom. The zero-order valence-electron chi connectivity index (χ0n) is 18.7. The summed E-state index contributed by atoms with van der Waals surface area (Å²) in [4.78, 5) is 32.6. The molecule has 0 spiro atoms. The molecule has 4 rings (SSSR count). The summed E-state index contributed by atoms with van der Waals surface area (Å²) in [5, 5.41) is 0. The first kappa shape index (κ1) is 24.0. The van der Waals surface area contributed by atoms with Crippen molar-refractivity contribution in [3.63, 3.8) is 0 Å². The van der Waals surface area contributed by atoms with E-state index in [-0.39, 0.29) is 36.5 Å². The van der Waals surface area contributed by atoms with Gasteiger partial charge in [0.05, 0.1) is 17.4 Å². The van der Waals surface area contributed by atoms with Crippen LogP contribution in [0.5, 0.6) is 0 Å². The number of sulfonamides is 1. The van der Waals surface area contributed by atoms with E-state index in [1.165, 1.54) is 41.4 Å². The second kappa shape index (κ2) is 7.69. The molecule has 1 aromatic carbocycles. The fourth-order valence-electron chi connectivity index (χ4n) is 4.12. The molecule has 2 aliphatic rings. The highest BCUT2D eigenvalue weighted by Gasteiger charge is 2.64. The molecule has 2 fully saturated rings. The summed E-state index contributed by atoms with van der Waals surface area (Å²) in [6.07, 6.45) is -1.97. The first-order valence-corrected chi connectivity index (χ1v) is 12.3. The van der Waals surface area contributed by atoms with Crippen LogP contribution in [0.1, 0.15) is 37.8 Å². The van der Waals surface area contributed by atoms with Gasteiger partial charge in [-0.2, -0.15) is 13.2 Å². The van der Waals surface area contributed by atoms with Gasteiger partial charge in [-0.3, -0.25) is 9.52 Å². The number of hydrogen-bond donors (Lipinski definition) is 1. The maximum atomic E-state index is 13.4. The molecule has 34 heavy (non-hydrogen) atoms. The maximum Gasteiger partial charge on any atom is 0.398 e. The predicted molar refractivity (Wildman–Crippen MR) is 119 cm³/mol. The average molecular weight is 497 g/mol. The van der Waals surface area contributed by atoms with E-state index in [1.54, 1.807) is 19.9 Å². The van der Waals surface area contributed by atoms with Gasteiger partial charge in [-0.05, 0) is 62.1 Å². The molecule has 1 aliphatic heterocycles. The Balaban J connectivity index is 1.59. The molecule has 1 N–H and O–H groups in total. The molecule has 0 unspecified atom stereocenters. The molecule has 1 saturated carbocycles. The minimum atomic E-state index is -4.36. The molecule has 0 radical (unpaired) electrons. The number of benzene rings is 1. The van der Waals surface area contributed by atoms with E-state index in [2.05, 4.69) is 9.71 Å². The third-order valence-corrected chi connectivity index (χ3v) is 6.83. The van der Waals surface area contributed by atoms with Crippen molar-refractivity contribution in [2.45, 2.75) is 50.4 Å². The summed E-state index contributed by atoms with van der Waals surface area (Å²) in [5.74, 6) is -0.451. The van der Waals surface area contributed by atoms with Crippen LogP contribution in [0.2, 0.25) is 0 Å². The Bertz CT molecular complexity index is 1260. The van der Waals surface area contributed by atoms with Crippen molar-refractivity contribution >= 4 is 33.5 Å². The molecule has 1 aliphatic carbocycles. The third-order valence-electron chi connectivity index (χ3n) is 6.25. The standard InChI is InChI=1S/C22H23F3N4O4S/c1-20(2)18(30)29(16-6-4-15(5-7-16)21(9-10-21)22(23,24)25)19(31)28(20)13-14-8-11-26-17(12-14)27-34(3,32)33/h4-8,11-12H,9-10,13H2,1-3H3,(H,26,27). The first-order chi connectivity index (χ1) is 15.7. The summed E-state index contributed by atoms with van der Waals surface area (Å²) >= 11 is 0. The maximum absolute atomic E-state index is 13.4. The van der Waals surface area contributed by atoms with Crippen LogP contribution in [0.3, 0.4) is 0 Å². The van der Waals surface area contributed by atoms with E-state index in [4.69, 9.17) is 0 Å². The zero-order chi connectivity index (χ0) is 25.1. The predicted octanol–water partition coefficient (Wildman–Crippen LogP) is 3.79. The van der Waals surface area contributed by atoms with Crippen LogP contribution in [0, 0.1) is 0 Å². The van der Waals surface area contributed by atoms with Crippen LogP contribution in [0.4, 0.5) is 29.5 Å². The van der Waals surface area contributed by atoms with Gasteiger partial charge >= 0.3 is 12.2 Å². The van der Waals surface area contributed by atoms with Crippen molar-refractivity contribution in [3.8, 4) is 0 Å².